The van der Waals surface area contributed by atoms with Crippen LogP contribution in [0.3, 0.4) is 0 Å². The molecule has 4 nitrogen and oxygen atoms in total. The topological polar surface area (TPSA) is 38.1 Å². The van der Waals surface area contributed by atoms with Gasteiger partial charge in [0.2, 0.25) is 5.95 Å². The van der Waals surface area contributed by atoms with Crippen LogP contribution >= 0.6 is 0 Å². The number of benzene rings is 1. The summed E-state index contributed by atoms with van der Waals surface area (Å²) < 4.78 is 41.7. The minimum atomic E-state index is -3.03. The summed E-state index contributed by atoms with van der Waals surface area (Å²) in [5.41, 5.74) is 1.11. The molecule has 2 aromatic rings. The van der Waals surface area contributed by atoms with Crippen LogP contribution in [0.25, 0.3) is 5.57 Å². The van der Waals surface area contributed by atoms with Crippen molar-refractivity contribution in [3.63, 3.8) is 0 Å². The highest BCUT2D eigenvalue weighted by atomic mass is 19.3. The molecule has 1 heterocycles. The number of carbonyl (C=O) groups excluding carboxylic acids is 1. The molecule has 0 spiro atoms. The number of hydrogen-bond donors (Lipinski definition) is 0. The molecule has 1 aliphatic rings. The molecule has 1 atom stereocenters. The molecule has 7 heteroatoms. The van der Waals surface area contributed by atoms with Gasteiger partial charge < -0.3 is 4.90 Å². The second-order valence-corrected chi connectivity index (χ2v) is 6.94. The van der Waals surface area contributed by atoms with E-state index in [1.54, 1.807) is 6.92 Å². The number of aryl methyl sites for hydroxylation is 2. The molecule has 0 saturated heterocycles. The average Bonchev–Trinajstić information content (AvgIpc) is 3.40. The number of rotatable bonds is 6. The molecule has 1 amide bonds. The Morgan fingerprint density at radius 3 is 2.52 bits per heavy atom. The Bertz CT molecular complexity index is 887. The first kappa shape index (κ1) is 19.2. The second kappa shape index (κ2) is 7.21. The van der Waals surface area contributed by atoms with Gasteiger partial charge in [0, 0.05) is 13.1 Å². The standard InChI is InChI=1S/C20H22F3N3O/c1-11-7-5-6-8-15(11)12(2)13(3)26(14-9-10-14)20(27)16-17(18(21)22)24-25(4)19(16)23/h5-8,13-14,18H,2,9-10H2,1,3-4H3. The SMILES string of the molecule is C=C(c1ccccc1C)C(C)N(C(=O)c1c(C(F)F)nn(C)c1F)C1CC1. The van der Waals surface area contributed by atoms with Gasteiger partial charge in [0.15, 0.2) is 0 Å². The zero-order valence-corrected chi connectivity index (χ0v) is 15.5. The van der Waals surface area contributed by atoms with Crippen molar-refractivity contribution >= 4 is 11.5 Å². The average molecular weight is 377 g/mol. The fourth-order valence-electron chi connectivity index (χ4n) is 3.34. The van der Waals surface area contributed by atoms with E-state index in [1.807, 2.05) is 31.2 Å². The molecule has 27 heavy (non-hydrogen) atoms. The van der Waals surface area contributed by atoms with Gasteiger partial charge in [-0.25, -0.2) is 13.5 Å². The number of hydrogen-bond acceptors (Lipinski definition) is 2. The lowest BCUT2D eigenvalue weighted by Gasteiger charge is -2.31. The van der Waals surface area contributed by atoms with E-state index >= 15 is 0 Å². The summed E-state index contributed by atoms with van der Waals surface area (Å²) in [5, 5.41) is 3.49. The second-order valence-electron chi connectivity index (χ2n) is 6.94. The van der Waals surface area contributed by atoms with Crippen LogP contribution in [-0.4, -0.2) is 32.7 Å². The molecule has 1 saturated carbocycles. The fourth-order valence-corrected chi connectivity index (χ4v) is 3.34. The van der Waals surface area contributed by atoms with Gasteiger partial charge in [-0.3, -0.25) is 4.79 Å². The van der Waals surface area contributed by atoms with E-state index in [4.69, 9.17) is 0 Å². The zero-order chi connectivity index (χ0) is 19.9. The van der Waals surface area contributed by atoms with Gasteiger partial charge in [-0.15, -0.1) is 0 Å². The number of nitrogens with zero attached hydrogens (tertiary/aromatic N) is 3. The zero-order valence-electron chi connectivity index (χ0n) is 15.5. The Morgan fingerprint density at radius 2 is 1.96 bits per heavy atom. The maximum Gasteiger partial charge on any atom is 0.283 e. The van der Waals surface area contributed by atoms with Gasteiger partial charge in [0.1, 0.15) is 11.3 Å². The number of carbonyl (C=O) groups is 1. The smallest absolute Gasteiger partial charge is 0.283 e. The highest BCUT2D eigenvalue weighted by molar-refractivity contribution is 5.97. The summed E-state index contributed by atoms with van der Waals surface area (Å²) in [6.45, 7) is 7.85. The highest BCUT2D eigenvalue weighted by Gasteiger charge is 2.41. The Labute approximate surface area is 156 Å². The van der Waals surface area contributed by atoms with E-state index in [1.165, 1.54) is 11.9 Å². The van der Waals surface area contributed by atoms with Crippen LogP contribution in [0.2, 0.25) is 0 Å². The fraction of sp³-hybridized carbons (Fsp3) is 0.400. The Balaban J connectivity index is 1.98. The van der Waals surface area contributed by atoms with Crippen molar-refractivity contribution < 1.29 is 18.0 Å². The normalized spacial score (nSPS) is 15.1. The van der Waals surface area contributed by atoms with Gasteiger partial charge in [0.25, 0.3) is 12.3 Å². The van der Waals surface area contributed by atoms with Crippen molar-refractivity contribution in [3.05, 3.63) is 59.2 Å². The summed E-state index contributed by atoms with van der Waals surface area (Å²) in [5.74, 6) is -1.81. The summed E-state index contributed by atoms with van der Waals surface area (Å²) in [4.78, 5) is 14.6. The molecular weight excluding hydrogens is 355 g/mol. The molecule has 0 aliphatic heterocycles. The third-order valence-electron chi connectivity index (χ3n) is 5.01. The molecule has 1 aromatic carbocycles. The first-order chi connectivity index (χ1) is 12.7. The van der Waals surface area contributed by atoms with E-state index in [2.05, 4.69) is 11.7 Å². The van der Waals surface area contributed by atoms with E-state index in [-0.39, 0.29) is 6.04 Å². The van der Waals surface area contributed by atoms with Crippen molar-refractivity contribution in [2.24, 2.45) is 7.05 Å². The first-order valence-corrected chi connectivity index (χ1v) is 8.82. The van der Waals surface area contributed by atoms with Crippen LogP contribution in [0.4, 0.5) is 13.2 Å². The van der Waals surface area contributed by atoms with Gasteiger partial charge in [-0.1, -0.05) is 30.8 Å². The minimum Gasteiger partial charge on any atom is -0.329 e. The Morgan fingerprint density at radius 1 is 1.33 bits per heavy atom. The molecule has 0 bridgehead atoms. The lowest BCUT2D eigenvalue weighted by atomic mass is 9.95. The van der Waals surface area contributed by atoms with Crippen LogP contribution in [0.5, 0.6) is 0 Å². The van der Waals surface area contributed by atoms with Crippen LogP contribution < -0.4 is 0 Å². The molecule has 144 valence electrons. The quantitative estimate of drug-likeness (QED) is 0.743. The molecular formula is C20H22F3N3O. The summed E-state index contributed by atoms with van der Waals surface area (Å²) in [6, 6.07) is 7.04. The van der Waals surface area contributed by atoms with E-state index in [0.29, 0.717) is 10.3 Å². The van der Waals surface area contributed by atoms with Crippen molar-refractivity contribution in [2.75, 3.05) is 0 Å². The molecule has 1 aliphatic carbocycles. The van der Waals surface area contributed by atoms with Gasteiger partial charge in [0.05, 0.1) is 6.04 Å². The Hall–Kier alpha value is -2.57. The third-order valence-corrected chi connectivity index (χ3v) is 5.01. The first-order valence-electron chi connectivity index (χ1n) is 8.82. The number of amides is 1. The maximum atomic E-state index is 14.4. The van der Waals surface area contributed by atoms with Crippen molar-refractivity contribution in [1.82, 2.24) is 14.7 Å². The van der Waals surface area contributed by atoms with Crippen LogP contribution in [0.15, 0.2) is 30.8 Å². The van der Waals surface area contributed by atoms with Crippen LogP contribution in [-0.2, 0) is 7.05 Å². The van der Waals surface area contributed by atoms with Crippen LogP contribution in [0, 0.1) is 12.9 Å². The summed E-state index contributed by atoms with van der Waals surface area (Å²) >= 11 is 0. The number of alkyl halides is 2. The monoisotopic (exact) mass is 377 g/mol. The number of halogens is 3. The predicted molar refractivity (Wildman–Crippen MR) is 97.0 cm³/mol. The van der Waals surface area contributed by atoms with Crippen molar-refractivity contribution in [3.8, 4) is 0 Å². The molecule has 0 radical (unpaired) electrons. The summed E-state index contributed by atoms with van der Waals surface area (Å²) in [7, 11) is 1.20. The molecule has 0 N–H and O–H groups in total. The van der Waals surface area contributed by atoms with E-state index in [0.717, 1.165) is 24.0 Å². The lowest BCUT2D eigenvalue weighted by Crippen LogP contribution is -2.41. The highest BCUT2D eigenvalue weighted by Crippen LogP contribution is 2.36. The van der Waals surface area contributed by atoms with Crippen molar-refractivity contribution in [2.45, 2.75) is 45.2 Å². The number of aromatic nitrogens is 2. The van der Waals surface area contributed by atoms with E-state index in [9.17, 15) is 18.0 Å². The largest absolute Gasteiger partial charge is 0.329 e. The van der Waals surface area contributed by atoms with Gasteiger partial charge >= 0.3 is 0 Å². The van der Waals surface area contributed by atoms with Crippen LogP contribution in [0.1, 0.15) is 53.4 Å². The molecule has 1 unspecified atom stereocenters. The van der Waals surface area contributed by atoms with Crippen molar-refractivity contribution in [1.29, 1.82) is 0 Å². The lowest BCUT2D eigenvalue weighted by molar-refractivity contribution is 0.0698. The van der Waals surface area contributed by atoms with E-state index < -0.39 is 35.6 Å². The molecule has 3 rings (SSSR count). The maximum absolute atomic E-state index is 14.4. The molecule has 1 aromatic heterocycles. The minimum absolute atomic E-state index is 0.113. The third kappa shape index (κ3) is 3.50. The Kier molecular flexibility index (Phi) is 5.13. The predicted octanol–water partition coefficient (Wildman–Crippen LogP) is 4.51. The summed E-state index contributed by atoms with van der Waals surface area (Å²) in [6.07, 6.45) is -1.53. The molecule has 1 fully saturated rings. The van der Waals surface area contributed by atoms with Gasteiger partial charge in [-0.05, 0) is 43.4 Å². The van der Waals surface area contributed by atoms with Gasteiger partial charge in [-0.2, -0.15) is 9.49 Å².